The summed E-state index contributed by atoms with van der Waals surface area (Å²) >= 11 is 1.48. The largest absolute Gasteiger partial charge is 0.360 e. The van der Waals surface area contributed by atoms with Crippen LogP contribution in [0.5, 0.6) is 0 Å². The van der Waals surface area contributed by atoms with Crippen LogP contribution >= 0.6 is 11.3 Å². The maximum atomic E-state index is 12.2. The summed E-state index contributed by atoms with van der Waals surface area (Å²) in [6, 6.07) is 10.7. The Balaban J connectivity index is 1.53. The zero-order valence-electron chi connectivity index (χ0n) is 14.4. The van der Waals surface area contributed by atoms with Gasteiger partial charge in [0, 0.05) is 17.0 Å². The number of carbonyl (C=O) groups is 2. The molecule has 0 aliphatic carbocycles. The van der Waals surface area contributed by atoms with Crippen molar-refractivity contribution in [3.8, 4) is 10.6 Å². The Bertz CT molecular complexity index is 904. The molecule has 0 spiro atoms. The van der Waals surface area contributed by atoms with Crippen molar-refractivity contribution in [3.63, 3.8) is 0 Å². The summed E-state index contributed by atoms with van der Waals surface area (Å²) in [6.07, 6.45) is 0.115. The molecule has 2 aromatic heterocycles. The van der Waals surface area contributed by atoms with E-state index in [0.717, 1.165) is 10.6 Å². The van der Waals surface area contributed by atoms with E-state index in [1.165, 1.54) is 11.3 Å². The van der Waals surface area contributed by atoms with Gasteiger partial charge in [-0.05, 0) is 13.8 Å². The fourth-order valence-corrected chi connectivity index (χ4v) is 3.11. The summed E-state index contributed by atoms with van der Waals surface area (Å²) < 4.78 is 4.88. The van der Waals surface area contributed by atoms with E-state index >= 15 is 0 Å². The maximum absolute atomic E-state index is 12.2. The Labute approximate surface area is 154 Å². The van der Waals surface area contributed by atoms with Crippen LogP contribution in [-0.4, -0.2) is 28.0 Å². The minimum absolute atomic E-state index is 0.115. The highest BCUT2D eigenvalue weighted by Gasteiger charge is 2.18. The molecule has 0 saturated heterocycles. The first-order valence-corrected chi connectivity index (χ1v) is 8.92. The Morgan fingerprint density at radius 3 is 2.73 bits per heavy atom. The van der Waals surface area contributed by atoms with Gasteiger partial charge in [-0.3, -0.25) is 9.59 Å². The van der Waals surface area contributed by atoms with Crippen LogP contribution in [0.25, 0.3) is 10.6 Å². The summed E-state index contributed by atoms with van der Waals surface area (Å²) in [6.45, 7) is 3.34. The SMILES string of the molecule is Cc1cc(NC(=O)[C@H](C)NC(=O)Cc2csc(-c3ccccc3)n2)no1. The van der Waals surface area contributed by atoms with Crippen molar-refractivity contribution in [3.05, 3.63) is 53.2 Å². The lowest BCUT2D eigenvalue weighted by molar-refractivity contribution is -0.125. The zero-order chi connectivity index (χ0) is 18.5. The summed E-state index contributed by atoms with van der Waals surface area (Å²) in [7, 11) is 0. The normalized spacial score (nSPS) is 11.8. The second-order valence-corrected chi connectivity index (χ2v) is 6.65. The lowest BCUT2D eigenvalue weighted by Crippen LogP contribution is -2.42. The van der Waals surface area contributed by atoms with Crippen molar-refractivity contribution >= 4 is 29.0 Å². The van der Waals surface area contributed by atoms with Crippen LogP contribution < -0.4 is 10.6 Å². The Morgan fingerprint density at radius 2 is 2.04 bits per heavy atom. The van der Waals surface area contributed by atoms with Gasteiger partial charge in [-0.1, -0.05) is 35.5 Å². The van der Waals surface area contributed by atoms with E-state index in [4.69, 9.17) is 4.52 Å². The van der Waals surface area contributed by atoms with Gasteiger partial charge in [-0.15, -0.1) is 11.3 Å². The number of anilines is 1. The monoisotopic (exact) mass is 370 g/mol. The Morgan fingerprint density at radius 1 is 1.27 bits per heavy atom. The third kappa shape index (κ3) is 4.54. The molecule has 2 heterocycles. The highest BCUT2D eigenvalue weighted by molar-refractivity contribution is 7.13. The number of aryl methyl sites for hydroxylation is 1. The lowest BCUT2D eigenvalue weighted by atomic mass is 10.2. The van der Waals surface area contributed by atoms with Gasteiger partial charge >= 0.3 is 0 Å². The van der Waals surface area contributed by atoms with Crippen molar-refractivity contribution in [2.45, 2.75) is 26.3 Å². The molecule has 8 heteroatoms. The smallest absolute Gasteiger partial charge is 0.247 e. The van der Waals surface area contributed by atoms with E-state index in [1.807, 2.05) is 35.7 Å². The average Bonchev–Trinajstić information content (AvgIpc) is 3.24. The molecule has 134 valence electrons. The summed E-state index contributed by atoms with van der Waals surface area (Å²) in [4.78, 5) is 28.7. The van der Waals surface area contributed by atoms with E-state index in [0.29, 0.717) is 17.3 Å². The number of hydrogen-bond acceptors (Lipinski definition) is 6. The van der Waals surface area contributed by atoms with Crippen molar-refractivity contribution in [2.75, 3.05) is 5.32 Å². The highest BCUT2D eigenvalue weighted by Crippen LogP contribution is 2.23. The van der Waals surface area contributed by atoms with Gasteiger partial charge < -0.3 is 15.2 Å². The van der Waals surface area contributed by atoms with E-state index in [1.54, 1.807) is 19.9 Å². The first-order chi connectivity index (χ1) is 12.5. The van der Waals surface area contributed by atoms with Crippen molar-refractivity contribution < 1.29 is 14.1 Å². The second-order valence-electron chi connectivity index (χ2n) is 5.79. The topological polar surface area (TPSA) is 97.1 Å². The minimum atomic E-state index is -0.702. The van der Waals surface area contributed by atoms with Crippen LogP contribution in [0.4, 0.5) is 5.82 Å². The molecule has 0 aliphatic heterocycles. The molecule has 2 N–H and O–H groups in total. The van der Waals surface area contributed by atoms with Crippen LogP contribution in [0.15, 0.2) is 46.3 Å². The molecule has 2 amide bonds. The zero-order valence-corrected chi connectivity index (χ0v) is 15.2. The molecule has 1 aromatic carbocycles. The van der Waals surface area contributed by atoms with E-state index in [9.17, 15) is 9.59 Å². The van der Waals surface area contributed by atoms with Gasteiger partial charge in [-0.2, -0.15) is 0 Å². The summed E-state index contributed by atoms with van der Waals surface area (Å²) in [5.41, 5.74) is 1.69. The number of amides is 2. The number of rotatable bonds is 6. The maximum Gasteiger partial charge on any atom is 0.247 e. The molecule has 0 unspecified atom stereocenters. The number of benzene rings is 1. The quantitative estimate of drug-likeness (QED) is 0.695. The molecule has 7 nitrogen and oxygen atoms in total. The molecule has 0 bridgehead atoms. The van der Waals surface area contributed by atoms with Gasteiger partial charge in [0.05, 0.1) is 12.1 Å². The number of carbonyl (C=O) groups excluding carboxylic acids is 2. The molecule has 0 aliphatic rings. The van der Waals surface area contributed by atoms with E-state index < -0.39 is 6.04 Å². The molecular formula is C18H18N4O3S. The van der Waals surface area contributed by atoms with Crippen LogP contribution in [0.2, 0.25) is 0 Å². The number of nitrogens with one attached hydrogen (secondary N) is 2. The predicted molar refractivity (Wildman–Crippen MR) is 98.7 cm³/mol. The molecule has 0 saturated carbocycles. The number of nitrogens with zero attached hydrogens (tertiary/aromatic N) is 2. The van der Waals surface area contributed by atoms with Gasteiger partial charge in [0.25, 0.3) is 0 Å². The lowest BCUT2D eigenvalue weighted by Gasteiger charge is -2.12. The molecule has 1 atom stereocenters. The predicted octanol–water partition coefficient (Wildman–Crippen LogP) is 2.79. The van der Waals surface area contributed by atoms with Crippen LogP contribution in [0.3, 0.4) is 0 Å². The van der Waals surface area contributed by atoms with Gasteiger partial charge in [0.1, 0.15) is 16.8 Å². The fourth-order valence-electron chi connectivity index (χ4n) is 2.28. The summed E-state index contributed by atoms with van der Waals surface area (Å²) in [5, 5.41) is 11.6. The van der Waals surface area contributed by atoms with Crippen LogP contribution in [0.1, 0.15) is 18.4 Å². The molecule has 0 fully saturated rings. The van der Waals surface area contributed by atoms with Crippen molar-refractivity contribution in [2.24, 2.45) is 0 Å². The minimum Gasteiger partial charge on any atom is -0.360 e. The Kier molecular flexibility index (Phi) is 5.43. The molecular weight excluding hydrogens is 352 g/mol. The van der Waals surface area contributed by atoms with Gasteiger partial charge in [-0.25, -0.2) is 4.98 Å². The number of hydrogen-bond donors (Lipinski definition) is 2. The van der Waals surface area contributed by atoms with Crippen molar-refractivity contribution in [1.82, 2.24) is 15.5 Å². The van der Waals surface area contributed by atoms with Crippen LogP contribution in [0, 0.1) is 6.92 Å². The fraction of sp³-hybridized carbons (Fsp3) is 0.222. The van der Waals surface area contributed by atoms with Gasteiger partial charge in [0.2, 0.25) is 11.8 Å². The van der Waals surface area contributed by atoms with E-state index in [2.05, 4.69) is 20.8 Å². The Hall–Kier alpha value is -3.00. The summed E-state index contributed by atoms with van der Waals surface area (Å²) in [5.74, 6) is 0.277. The first-order valence-electron chi connectivity index (χ1n) is 8.04. The van der Waals surface area contributed by atoms with Crippen molar-refractivity contribution in [1.29, 1.82) is 0 Å². The third-order valence-electron chi connectivity index (χ3n) is 3.56. The van der Waals surface area contributed by atoms with Crippen LogP contribution in [-0.2, 0) is 16.0 Å². The standard InChI is InChI=1S/C18H18N4O3S/c1-11-8-15(22-25-11)21-17(24)12(2)19-16(23)9-14-10-26-18(20-14)13-6-4-3-5-7-13/h3-8,10,12H,9H2,1-2H3,(H,19,23)(H,21,22,24)/t12-/m0/s1. The molecule has 3 rings (SSSR count). The number of thiazole rings is 1. The number of aromatic nitrogens is 2. The average molecular weight is 370 g/mol. The van der Waals surface area contributed by atoms with E-state index in [-0.39, 0.29) is 18.2 Å². The molecule has 26 heavy (non-hydrogen) atoms. The van der Waals surface area contributed by atoms with Gasteiger partial charge in [0.15, 0.2) is 5.82 Å². The second kappa shape index (κ2) is 7.92. The molecule has 0 radical (unpaired) electrons. The third-order valence-corrected chi connectivity index (χ3v) is 4.50. The molecule has 3 aromatic rings. The first kappa shape index (κ1) is 17.8. The highest BCUT2D eigenvalue weighted by atomic mass is 32.1.